The van der Waals surface area contributed by atoms with Crippen molar-refractivity contribution in [3.05, 3.63) is 58.7 Å². The monoisotopic (exact) mass is 756 g/mol. The summed E-state index contributed by atoms with van der Waals surface area (Å²) in [5.74, 6) is 1.68. The molecular weight excluding hydrogens is 712 g/mol. The molecule has 223 valence electrons. The summed E-state index contributed by atoms with van der Waals surface area (Å²) in [5.41, 5.74) is 1.43. The molecule has 0 spiro atoms. The van der Waals surface area contributed by atoms with Gasteiger partial charge in [-0.1, -0.05) is 32.7 Å². The summed E-state index contributed by atoms with van der Waals surface area (Å²) in [6.07, 6.45) is 6.94. The molecule has 41 heavy (non-hydrogen) atoms. The zero-order chi connectivity index (χ0) is 28.9. The fraction of sp³-hybridized carbons (Fsp3) is 0.594. The molecular formula is C32H43ClN5O2Os. The number of benzene rings is 1. The van der Waals surface area contributed by atoms with Crippen LogP contribution in [0.1, 0.15) is 75.7 Å². The molecule has 3 aliphatic rings. The average Bonchev–Trinajstić information content (AvgIpc) is 2.93. The van der Waals surface area contributed by atoms with Crippen molar-refractivity contribution >= 4 is 23.3 Å². The summed E-state index contributed by atoms with van der Waals surface area (Å²) in [6, 6.07) is 13.7. The van der Waals surface area contributed by atoms with Gasteiger partial charge in [-0.05, 0) is 66.5 Å². The molecule has 0 unspecified atom stereocenters. The van der Waals surface area contributed by atoms with Crippen LogP contribution in [0.4, 0.5) is 5.82 Å². The summed E-state index contributed by atoms with van der Waals surface area (Å²) in [7, 11) is 0. The van der Waals surface area contributed by atoms with Crippen LogP contribution in [-0.2, 0) is 19.8 Å². The molecule has 2 N–H and O–H groups in total. The number of nitrogens with zero attached hydrogens (tertiary/aromatic N) is 4. The van der Waals surface area contributed by atoms with Gasteiger partial charge in [0, 0.05) is 45.0 Å². The Kier molecular flexibility index (Phi) is 11.8. The Morgan fingerprint density at radius 3 is 2.29 bits per heavy atom. The molecule has 9 heteroatoms. The largest absolute Gasteiger partial charge is 1.00 e. The molecule has 0 bridgehead atoms. The second-order valence-corrected chi connectivity index (χ2v) is 13.4. The number of pyridine rings is 1. The van der Waals surface area contributed by atoms with Crippen molar-refractivity contribution in [3.8, 4) is 6.07 Å². The first-order valence-electron chi connectivity index (χ1n) is 14.5. The van der Waals surface area contributed by atoms with E-state index < -0.39 is 0 Å². The molecule has 3 fully saturated rings. The molecule has 1 amide bonds. The predicted molar refractivity (Wildman–Crippen MR) is 159 cm³/mol. The van der Waals surface area contributed by atoms with E-state index in [0.717, 1.165) is 63.7 Å². The Morgan fingerprint density at radius 1 is 1.12 bits per heavy atom. The number of anilines is 1. The molecule has 0 atom stereocenters. The Morgan fingerprint density at radius 2 is 1.78 bits per heavy atom. The molecule has 1 radical (unpaired) electrons. The van der Waals surface area contributed by atoms with E-state index in [2.05, 4.69) is 53.9 Å². The molecule has 2 aromatic rings. The van der Waals surface area contributed by atoms with Gasteiger partial charge in [-0.15, -0.1) is 0 Å². The SMILES string of the molecule is CC1(C)CC(C)(C)C1NC(=O)c1ccc(N2CCC(CN3CCC(O)CC3)CC2)nc1.N#Cc1cc[c-]cc1Cl.[Os+]. The third kappa shape index (κ3) is 8.74. The van der Waals surface area contributed by atoms with Crippen LogP contribution >= 0.6 is 11.6 Å². The van der Waals surface area contributed by atoms with Crippen LogP contribution in [0, 0.1) is 34.1 Å². The number of aromatic nitrogens is 1. The number of carbonyl (C=O) groups excluding carboxylic acids is 1. The number of amides is 1. The van der Waals surface area contributed by atoms with Crippen molar-refractivity contribution in [1.82, 2.24) is 15.2 Å². The summed E-state index contributed by atoms with van der Waals surface area (Å²) >= 11 is 5.57. The molecule has 1 aromatic carbocycles. The van der Waals surface area contributed by atoms with Gasteiger partial charge < -0.3 is 20.2 Å². The van der Waals surface area contributed by atoms with Gasteiger partial charge >= 0.3 is 19.8 Å². The van der Waals surface area contributed by atoms with Crippen LogP contribution in [0.2, 0.25) is 5.02 Å². The Hall–Kier alpha value is -2.02. The molecule has 1 aromatic heterocycles. The first-order chi connectivity index (χ1) is 19.0. The van der Waals surface area contributed by atoms with E-state index in [0.29, 0.717) is 16.1 Å². The predicted octanol–water partition coefficient (Wildman–Crippen LogP) is 5.32. The molecule has 1 aliphatic carbocycles. The minimum Gasteiger partial charge on any atom is -0.393 e. The van der Waals surface area contributed by atoms with Gasteiger partial charge in [-0.25, -0.2) is 4.98 Å². The van der Waals surface area contributed by atoms with Gasteiger partial charge in [-0.2, -0.15) is 41.1 Å². The standard InChI is InChI=1S/C25H40N4O2.C7H3ClN.Os/c1-24(2)17-25(3,4)23(24)27-22(31)19-5-6-21(26-15-19)29-13-7-18(8-14-29)16-28-11-9-20(30)10-12-28;8-7-4-2-1-3-6(7)5-9;/h5-6,15,18,20,23,30H,7-14,16-17H2,1-4H3,(H,27,31);1,3-4H;/q;-1;+1. The smallest absolute Gasteiger partial charge is 0.393 e. The number of piperidine rings is 2. The number of nitriles is 1. The molecule has 2 aliphatic heterocycles. The van der Waals surface area contributed by atoms with Crippen LogP contribution in [0.5, 0.6) is 0 Å². The third-order valence-electron chi connectivity index (χ3n) is 8.71. The number of aliphatic hydroxyl groups is 1. The van der Waals surface area contributed by atoms with Crippen molar-refractivity contribution in [1.29, 1.82) is 5.26 Å². The maximum absolute atomic E-state index is 12.8. The minimum absolute atomic E-state index is 0. The molecule has 3 heterocycles. The Labute approximate surface area is 263 Å². The molecule has 7 nitrogen and oxygen atoms in total. The number of hydrogen-bond donors (Lipinski definition) is 2. The van der Waals surface area contributed by atoms with Crippen LogP contribution in [0.15, 0.2) is 36.5 Å². The first-order valence-corrected chi connectivity index (χ1v) is 14.8. The van der Waals surface area contributed by atoms with Gasteiger partial charge in [0.25, 0.3) is 5.91 Å². The zero-order valence-electron chi connectivity index (χ0n) is 24.6. The quantitative estimate of drug-likeness (QED) is 0.402. The maximum atomic E-state index is 12.8. The van der Waals surface area contributed by atoms with E-state index in [-0.39, 0.29) is 48.7 Å². The van der Waals surface area contributed by atoms with Gasteiger partial charge in [0.2, 0.25) is 0 Å². The van der Waals surface area contributed by atoms with Gasteiger partial charge in [0.05, 0.1) is 17.7 Å². The van der Waals surface area contributed by atoms with Crippen LogP contribution in [0.3, 0.4) is 0 Å². The van der Waals surface area contributed by atoms with Crippen molar-refractivity contribution in [3.63, 3.8) is 0 Å². The van der Waals surface area contributed by atoms with E-state index >= 15 is 0 Å². The van der Waals surface area contributed by atoms with E-state index in [4.69, 9.17) is 16.9 Å². The van der Waals surface area contributed by atoms with Crippen molar-refractivity contribution < 1.29 is 29.7 Å². The summed E-state index contributed by atoms with van der Waals surface area (Å²) in [5, 5.41) is 21.8. The first kappa shape index (κ1) is 33.5. The maximum Gasteiger partial charge on any atom is 1.00 e. The zero-order valence-corrected chi connectivity index (χ0v) is 27.9. The fourth-order valence-electron chi connectivity index (χ4n) is 6.93. The van der Waals surface area contributed by atoms with Crippen molar-refractivity contribution in [2.24, 2.45) is 16.7 Å². The average molecular weight is 755 g/mol. The van der Waals surface area contributed by atoms with Crippen LogP contribution < -0.4 is 10.2 Å². The van der Waals surface area contributed by atoms with Crippen LogP contribution in [0.25, 0.3) is 0 Å². The number of rotatable bonds is 5. The van der Waals surface area contributed by atoms with E-state index in [9.17, 15) is 9.90 Å². The van der Waals surface area contributed by atoms with Gasteiger partial charge in [0.15, 0.2) is 0 Å². The second-order valence-electron chi connectivity index (χ2n) is 12.9. The molecule has 1 saturated carbocycles. The number of nitrogens with one attached hydrogen (secondary N) is 1. The molecule has 5 rings (SSSR count). The summed E-state index contributed by atoms with van der Waals surface area (Å²) in [6.45, 7) is 14.1. The van der Waals surface area contributed by atoms with E-state index in [1.165, 1.54) is 12.8 Å². The Bertz CT molecular complexity index is 1170. The van der Waals surface area contributed by atoms with E-state index in [1.54, 1.807) is 24.4 Å². The van der Waals surface area contributed by atoms with E-state index in [1.807, 2.05) is 18.2 Å². The van der Waals surface area contributed by atoms with Crippen molar-refractivity contribution in [2.45, 2.75) is 71.9 Å². The summed E-state index contributed by atoms with van der Waals surface area (Å²) in [4.78, 5) is 22.3. The number of hydrogen-bond acceptors (Lipinski definition) is 6. The van der Waals surface area contributed by atoms with Gasteiger partial charge in [-0.3, -0.25) is 4.79 Å². The Balaban J connectivity index is 0.000000396. The topological polar surface area (TPSA) is 92.5 Å². The molecule has 2 saturated heterocycles. The number of halogens is 1. The van der Waals surface area contributed by atoms with Crippen LogP contribution in [-0.4, -0.2) is 65.8 Å². The normalized spacial score (nSPS) is 21.0. The number of likely N-dealkylation sites (tertiary alicyclic amines) is 1. The fourth-order valence-corrected chi connectivity index (χ4v) is 7.10. The summed E-state index contributed by atoms with van der Waals surface area (Å²) < 4.78 is 0. The minimum atomic E-state index is -0.0964. The second kappa shape index (κ2) is 14.4. The number of aliphatic hydroxyl groups excluding tert-OH is 1. The number of carbonyl (C=O) groups is 1. The van der Waals surface area contributed by atoms with Gasteiger partial charge in [0.1, 0.15) is 5.82 Å². The third-order valence-corrected chi connectivity index (χ3v) is 9.02. The van der Waals surface area contributed by atoms with Crippen molar-refractivity contribution in [2.75, 3.05) is 37.6 Å².